The third-order valence-electron chi connectivity index (χ3n) is 3.69. The van der Waals surface area contributed by atoms with Crippen LogP contribution in [0, 0.1) is 0 Å². The Balaban J connectivity index is 2.13. The van der Waals surface area contributed by atoms with Gasteiger partial charge >= 0.3 is 0 Å². The second kappa shape index (κ2) is 6.46. The maximum absolute atomic E-state index is 12.9. The number of hydrogen-bond donors (Lipinski definition) is 1. The summed E-state index contributed by atoms with van der Waals surface area (Å²) >= 11 is 1.11. The van der Waals surface area contributed by atoms with Gasteiger partial charge in [0.05, 0.1) is 17.3 Å². The molecule has 3 rings (SSSR count). The first kappa shape index (κ1) is 16.8. The summed E-state index contributed by atoms with van der Waals surface area (Å²) in [4.78, 5) is 4.33. The molecule has 0 aliphatic rings. The average Bonchev–Trinajstić information content (AvgIpc) is 3.23. The van der Waals surface area contributed by atoms with E-state index in [0.717, 1.165) is 34.4 Å². The van der Waals surface area contributed by atoms with E-state index >= 15 is 0 Å². The Morgan fingerprint density at radius 1 is 1.21 bits per heavy atom. The fraction of sp³-hybridized carbons (Fsp3) is 0.250. The maximum atomic E-state index is 12.9. The molecule has 0 radical (unpaired) electrons. The van der Waals surface area contributed by atoms with E-state index in [4.69, 9.17) is 5.73 Å². The van der Waals surface area contributed by atoms with Gasteiger partial charge in [-0.1, -0.05) is 13.0 Å². The Labute approximate surface area is 144 Å². The third kappa shape index (κ3) is 3.12. The Bertz CT molecular complexity index is 974. The quantitative estimate of drug-likeness (QED) is 0.752. The molecule has 2 N–H and O–H groups in total. The van der Waals surface area contributed by atoms with E-state index in [-0.39, 0.29) is 15.6 Å². The van der Waals surface area contributed by atoms with Crippen molar-refractivity contribution in [3.8, 4) is 11.1 Å². The average molecular weight is 362 g/mol. The van der Waals surface area contributed by atoms with Gasteiger partial charge in [0, 0.05) is 25.4 Å². The smallest absolute Gasteiger partial charge is 0.217 e. The summed E-state index contributed by atoms with van der Waals surface area (Å²) in [7, 11) is -1.78. The zero-order valence-corrected chi connectivity index (χ0v) is 15.1. The summed E-state index contributed by atoms with van der Waals surface area (Å²) in [5.41, 5.74) is 8.22. The molecule has 0 saturated carbocycles. The van der Waals surface area contributed by atoms with Crippen molar-refractivity contribution in [2.75, 3.05) is 0 Å². The molecule has 0 amide bonds. The number of aromatic nitrogens is 3. The number of aryl methyl sites for hydroxylation is 2. The van der Waals surface area contributed by atoms with E-state index < -0.39 is 9.84 Å². The fourth-order valence-electron chi connectivity index (χ4n) is 2.39. The van der Waals surface area contributed by atoms with Gasteiger partial charge in [-0.2, -0.15) is 5.10 Å². The Morgan fingerprint density at radius 2 is 2.00 bits per heavy atom. The molecule has 6 nitrogen and oxygen atoms in total. The summed E-state index contributed by atoms with van der Waals surface area (Å²) in [5, 5.41) is 4.76. The van der Waals surface area contributed by atoms with Gasteiger partial charge in [0.15, 0.2) is 0 Å². The normalized spacial score (nSPS) is 11.8. The van der Waals surface area contributed by atoms with Crippen LogP contribution < -0.4 is 5.73 Å². The summed E-state index contributed by atoms with van der Waals surface area (Å²) in [6, 6.07) is 5.40. The van der Waals surface area contributed by atoms with Gasteiger partial charge in [-0.15, -0.1) is 11.3 Å². The van der Waals surface area contributed by atoms with Crippen molar-refractivity contribution in [1.82, 2.24) is 14.8 Å². The van der Waals surface area contributed by atoms with Crippen molar-refractivity contribution in [2.24, 2.45) is 12.8 Å². The lowest BCUT2D eigenvalue weighted by atomic mass is 10.0. The van der Waals surface area contributed by atoms with E-state index in [2.05, 4.69) is 10.1 Å². The first-order valence-corrected chi connectivity index (χ1v) is 9.77. The molecular weight excluding hydrogens is 344 g/mol. The molecule has 126 valence electrons. The summed E-state index contributed by atoms with van der Waals surface area (Å²) < 4.78 is 27.8. The van der Waals surface area contributed by atoms with Crippen molar-refractivity contribution in [3.05, 3.63) is 47.4 Å². The Morgan fingerprint density at radius 3 is 2.58 bits per heavy atom. The number of hydrogen-bond acceptors (Lipinski definition) is 6. The highest BCUT2D eigenvalue weighted by molar-refractivity contribution is 7.93. The van der Waals surface area contributed by atoms with Gasteiger partial charge < -0.3 is 5.73 Å². The summed E-state index contributed by atoms with van der Waals surface area (Å²) in [5.74, 6) is 0. The van der Waals surface area contributed by atoms with Crippen LogP contribution in [-0.2, 0) is 29.9 Å². The minimum Gasteiger partial charge on any atom is -0.325 e. The van der Waals surface area contributed by atoms with Crippen LogP contribution in [0.5, 0.6) is 0 Å². The van der Waals surface area contributed by atoms with Gasteiger partial charge in [0.25, 0.3) is 0 Å². The lowest BCUT2D eigenvalue weighted by Crippen LogP contribution is -2.01. The maximum Gasteiger partial charge on any atom is 0.217 e. The lowest BCUT2D eigenvalue weighted by Gasteiger charge is -2.08. The van der Waals surface area contributed by atoms with Crippen LogP contribution in [0.1, 0.15) is 17.5 Å². The third-order valence-corrected chi connectivity index (χ3v) is 6.91. The Kier molecular flexibility index (Phi) is 4.53. The predicted molar refractivity (Wildman–Crippen MR) is 93.5 cm³/mol. The van der Waals surface area contributed by atoms with Gasteiger partial charge in [0.1, 0.15) is 9.22 Å². The molecule has 0 aliphatic carbocycles. The number of nitrogens with zero attached hydrogens (tertiary/aromatic N) is 3. The Hall–Kier alpha value is -2.03. The van der Waals surface area contributed by atoms with Crippen molar-refractivity contribution in [3.63, 3.8) is 0 Å². The molecule has 8 heteroatoms. The van der Waals surface area contributed by atoms with Crippen LogP contribution >= 0.6 is 11.3 Å². The van der Waals surface area contributed by atoms with Crippen molar-refractivity contribution in [1.29, 1.82) is 0 Å². The number of rotatable bonds is 5. The van der Waals surface area contributed by atoms with Crippen LogP contribution in [0.25, 0.3) is 11.1 Å². The van der Waals surface area contributed by atoms with E-state index in [0.29, 0.717) is 5.01 Å². The molecule has 2 aromatic heterocycles. The number of sulfone groups is 1. The zero-order valence-electron chi connectivity index (χ0n) is 13.4. The second-order valence-electron chi connectivity index (χ2n) is 5.40. The van der Waals surface area contributed by atoms with E-state index in [1.165, 1.54) is 6.20 Å². The zero-order chi connectivity index (χ0) is 17.3. The summed E-state index contributed by atoms with van der Waals surface area (Å²) in [6.07, 6.45) is 5.71. The van der Waals surface area contributed by atoms with Gasteiger partial charge in [-0.3, -0.25) is 4.68 Å². The molecule has 0 aliphatic heterocycles. The summed E-state index contributed by atoms with van der Waals surface area (Å²) in [6.45, 7) is 2.23. The standard InChI is InChI=1S/C16H18N4O2S2/c1-3-11-4-12(13-8-19-20(2)10-13)6-14(5-11)24(21,22)16-9-18-15(7-17)23-16/h4-6,8-10H,3,7,17H2,1-2H3. The minimum atomic E-state index is -3.61. The van der Waals surface area contributed by atoms with Crippen LogP contribution in [-0.4, -0.2) is 23.2 Å². The second-order valence-corrected chi connectivity index (χ2v) is 8.69. The number of thiazole rings is 1. The largest absolute Gasteiger partial charge is 0.325 e. The minimum absolute atomic E-state index is 0.216. The predicted octanol–water partition coefficient (Wildman–Crippen LogP) is 2.40. The fourth-order valence-corrected chi connectivity index (χ4v) is 4.94. The molecule has 24 heavy (non-hydrogen) atoms. The van der Waals surface area contributed by atoms with Crippen LogP contribution in [0.15, 0.2) is 45.9 Å². The molecular formula is C16H18N4O2S2. The van der Waals surface area contributed by atoms with Crippen LogP contribution in [0.2, 0.25) is 0 Å². The van der Waals surface area contributed by atoms with E-state index in [1.807, 2.05) is 26.2 Å². The van der Waals surface area contributed by atoms with Crippen molar-refractivity contribution < 1.29 is 8.42 Å². The molecule has 0 atom stereocenters. The molecule has 2 heterocycles. The van der Waals surface area contributed by atoms with Crippen LogP contribution in [0.4, 0.5) is 0 Å². The molecule has 0 saturated heterocycles. The SMILES string of the molecule is CCc1cc(-c2cnn(C)c2)cc(S(=O)(=O)c2cnc(CN)s2)c1. The topological polar surface area (TPSA) is 90.9 Å². The molecule has 0 bridgehead atoms. The van der Waals surface area contributed by atoms with Crippen molar-refractivity contribution in [2.45, 2.75) is 29.0 Å². The highest BCUT2D eigenvalue weighted by atomic mass is 32.2. The molecule has 1 aromatic carbocycles. The molecule has 3 aromatic rings. The molecule has 0 fully saturated rings. The first-order valence-electron chi connectivity index (χ1n) is 7.47. The lowest BCUT2D eigenvalue weighted by molar-refractivity contribution is 0.598. The van der Waals surface area contributed by atoms with Gasteiger partial charge in [-0.25, -0.2) is 13.4 Å². The first-order chi connectivity index (χ1) is 11.4. The highest BCUT2D eigenvalue weighted by Crippen LogP contribution is 2.30. The molecule has 0 unspecified atom stereocenters. The van der Waals surface area contributed by atoms with Crippen LogP contribution in [0.3, 0.4) is 0 Å². The van der Waals surface area contributed by atoms with Crippen molar-refractivity contribution >= 4 is 21.2 Å². The highest BCUT2D eigenvalue weighted by Gasteiger charge is 2.22. The van der Waals surface area contributed by atoms with Gasteiger partial charge in [-0.05, 0) is 29.7 Å². The molecule has 0 spiro atoms. The monoisotopic (exact) mass is 362 g/mol. The number of benzene rings is 1. The van der Waals surface area contributed by atoms with Gasteiger partial charge in [0.2, 0.25) is 9.84 Å². The van der Waals surface area contributed by atoms with E-state index in [1.54, 1.807) is 23.0 Å². The number of nitrogens with two attached hydrogens (primary N) is 1. The van der Waals surface area contributed by atoms with E-state index in [9.17, 15) is 8.42 Å².